The van der Waals surface area contributed by atoms with Gasteiger partial charge in [-0.25, -0.2) is 0 Å². The first kappa shape index (κ1) is 13.8. The van der Waals surface area contributed by atoms with Gasteiger partial charge in [-0.3, -0.25) is 4.79 Å². The third-order valence-corrected chi connectivity index (χ3v) is 4.28. The number of hydrogen-bond donors (Lipinski definition) is 2. The van der Waals surface area contributed by atoms with Crippen LogP contribution in [0.3, 0.4) is 0 Å². The first-order valence-electron chi connectivity index (χ1n) is 6.17. The maximum absolute atomic E-state index is 11.9. The Labute approximate surface area is 104 Å². The Kier molecular flexibility index (Phi) is 4.24. The molecule has 0 unspecified atom stereocenters. The molecule has 3 nitrogen and oxygen atoms in total. The molecule has 0 bridgehead atoms. The molecule has 1 amide bonds. The van der Waals surface area contributed by atoms with Crippen LogP contribution in [0.25, 0.3) is 0 Å². The Morgan fingerprint density at radius 1 is 1.25 bits per heavy atom. The zero-order valence-electron chi connectivity index (χ0n) is 10.1. The summed E-state index contributed by atoms with van der Waals surface area (Å²) in [6.07, 6.45) is 7.62. The fourth-order valence-corrected chi connectivity index (χ4v) is 2.51. The van der Waals surface area contributed by atoms with Gasteiger partial charge in [0.05, 0.1) is 5.54 Å². The molecular weight excluding hydrogens is 224 g/mol. The van der Waals surface area contributed by atoms with E-state index < -0.39 is 5.54 Å². The standard InChI is InChI=1S/C12H22N2O.ClH/c1-2-11(7-8-11)9-14-10(15)12(13)5-3-4-6-12;/h2-9,13H2,1H3,(H,14,15);1H. The van der Waals surface area contributed by atoms with Gasteiger partial charge in [0.15, 0.2) is 0 Å². The lowest BCUT2D eigenvalue weighted by Gasteiger charge is -2.24. The highest BCUT2D eigenvalue weighted by molar-refractivity contribution is 5.86. The number of nitrogens with two attached hydrogens (primary N) is 1. The van der Waals surface area contributed by atoms with Crippen LogP contribution >= 0.6 is 12.4 Å². The molecule has 94 valence electrons. The van der Waals surface area contributed by atoms with Crippen molar-refractivity contribution in [1.82, 2.24) is 5.32 Å². The SMILES string of the molecule is CCC1(CNC(=O)C2(N)CCCC2)CC1.Cl. The van der Waals surface area contributed by atoms with Gasteiger partial charge >= 0.3 is 0 Å². The van der Waals surface area contributed by atoms with E-state index in [1.54, 1.807) is 0 Å². The van der Waals surface area contributed by atoms with Crippen molar-refractivity contribution >= 4 is 18.3 Å². The van der Waals surface area contributed by atoms with E-state index in [0.717, 1.165) is 32.2 Å². The molecule has 4 heteroatoms. The zero-order chi connectivity index (χ0) is 10.9. The average Bonchev–Trinajstić information content (AvgIpc) is 2.90. The Morgan fingerprint density at radius 2 is 1.81 bits per heavy atom. The number of amides is 1. The van der Waals surface area contributed by atoms with Crippen LogP contribution in [0.1, 0.15) is 51.9 Å². The second-order valence-corrected chi connectivity index (χ2v) is 5.40. The van der Waals surface area contributed by atoms with E-state index in [1.807, 2.05) is 0 Å². The molecule has 0 aliphatic heterocycles. The van der Waals surface area contributed by atoms with Crippen LogP contribution in [-0.2, 0) is 4.79 Å². The fourth-order valence-electron chi connectivity index (χ4n) is 2.51. The molecule has 0 aromatic rings. The minimum absolute atomic E-state index is 0. The van der Waals surface area contributed by atoms with Crippen molar-refractivity contribution in [3.8, 4) is 0 Å². The van der Waals surface area contributed by atoms with Gasteiger partial charge < -0.3 is 11.1 Å². The lowest BCUT2D eigenvalue weighted by molar-refractivity contribution is -0.126. The number of carbonyl (C=O) groups excluding carboxylic acids is 1. The van der Waals surface area contributed by atoms with Crippen molar-refractivity contribution in [2.75, 3.05) is 6.54 Å². The van der Waals surface area contributed by atoms with Crippen LogP contribution in [-0.4, -0.2) is 18.0 Å². The van der Waals surface area contributed by atoms with Crippen molar-refractivity contribution in [2.45, 2.75) is 57.4 Å². The van der Waals surface area contributed by atoms with Crippen LogP contribution < -0.4 is 11.1 Å². The predicted octanol–water partition coefficient (Wildman–Crippen LogP) is 1.99. The van der Waals surface area contributed by atoms with Crippen molar-refractivity contribution in [3.63, 3.8) is 0 Å². The Morgan fingerprint density at radius 3 is 2.25 bits per heavy atom. The fraction of sp³-hybridized carbons (Fsp3) is 0.917. The molecule has 0 aromatic heterocycles. The van der Waals surface area contributed by atoms with Crippen LogP contribution in [0.5, 0.6) is 0 Å². The van der Waals surface area contributed by atoms with Crippen molar-refractivity contribution in [3.05, 3.63) is 0 Å². The van der Waals surface area contributed by atoms with Gasteiger partial charge in [0.2, 0.25) is 5.91 Å². The molecular formula is C12H23ClN2O. The first-order valence-corrected chi connectivity index (χ1v) is 6.17. The molecule has 0 heterocycles. The van der Waals surface area contributed by atoms with E-state index in [0.29, 0.717) is 5.41 Å². The summed E-state index contributed by atoms with van der Waals surface area (Å²) >= 11 is 0. The number of hydrogen-bond acceptors (Lipinski definition) is 2. The van der Waals surface area contributed by atoms with Crippen molar-refractivity contribution < 1.29 is 4.79 Å². The third-order valence-electron chi connectivity index (χ3n) is 4.28. The molecule has 2 saturated carbocycles. The van der Waals surface area contributed by atoms with E-state index in [4.69, 9.17) is 5.73 Å². The number of carbonyl (C=O) groups is 1. The average molecular weight is 247 g/mol. The molecule has 0 atom stereocenters. The van der Waals surface area contributed by atoms with Crippen LogP contribution in [0, 0.1) is 5.41 Å². The van der Waals surface area contributed by atoms with Crippen LogP contribution in [0.2, 0.25) is 0 Å². The van der Waals surface area contributed by atoms with Gasteiger partial charge in [0, 0.05) is 6.54 Å². The van der Waals surface area contributed by atoms with E-state index >= 15 is 0 Å². The summed E-state index contributed by atoms with van der Waals surface area (Å²) in [6, 6.07) is 0. The van der Waals surface area contributed by atoms with Gasteiger partial charge in [-0.15, -0.1) is 12.4 Å². The Balaban J connectivity index is 0.00000128. The van der Waals surface area contributed by atoms with Gasteiger partial charge in [0.1, 0.15) is 0 Å². The highest BCUT2D eigenvalue weighted by atomic mass is 35.5. The normalized spacial score (nSPS) is 24.6. The monoisotopic (exact) mass is 246 g/mol. The summed E-state index contributed by atoms with van der Waals surface area (Å²) in [5.41, 5.74) is 5.95. The molecule has 2 rings (SSSR count). The molecule has 2 fully saturated rings. The lowest BCUT2D eigenvalue weighted by atomic mass is 9.97. The van der Waals surface area contributed by atoms with Crippen molar-refractivity contribution in [2.24, 2.45) is 11.1 Å². The molecule has 0 spiro atoms. The maximum Gasteiger partial charge on any atom is 0.240 e. The molecule has 16 heavy (non-hydrogen) atoms. The zero-order valence-corrected chi connectivity index (χ0v) is 10.9. The highest BCUT2D eigenvalue weighted by Gasteiger charge is 2.43. The number of rotatable bonds is 4. The summed E-state index contributed by atoms with van der Waals surface area (Å²) in [7, 11) is 0. The largest absolute Gasteiger partial charge is 0.354 e. The summed E-state index contributed by atoms with van der Waals surface area (Å²) in [4.78, 5) is 11.9. The number of halogens is 1. The van der Waals surface area contributed by atoms with Gasteiger partial charge in [-0.2, -0.15) is 0 Å². The Bertz CT molecular complexity index is 258. The van der Waals surface area contributed by atoms with Gasteiger partial charge in [-0.05, 0) is 37.5 Å². The minimum Gasteiger partial charge on any atom is -0.354 e. The molecule has 0 radical (unpaired) electrons. The molecule has 2 aliphatic rings. The summed E-state index contributed by atoms with van der Waals surface area (Å²) in [5, 5.41) is 3.05. The quantitative estimate of drug-likeness (QED) is 0.797. The van der Waals surface area contributed by atoms with Crippen LogP contribution in [0.15, 0.2) is 0 Å². The Hall–Kier alpha value is -0.280. The second-order valence-electron chi connectivity index (χ2n) is 5.40. The second kappa shape index (κ2) is 4.92. The highest BCUT2D eigenvalue weighted by Crippen LogP contribution is 2.47. The molecule has 3 N–H and O–H groups in total. The predicted molar refractivity (Wildman–Crippen MR) is 67.6 cm³/mol. The van der Waals surface area contributed by atoms with Gasteiger partial charge in [-0.1, -0.05) is 19.8 Å². The summed E-state index contributed by atoms with van der Waals surface area (Å²) < 4.78 is 0. The molecule has 0 aromatic carbocycles. The molecule has 0 saturated heterocycles. The molecule has 2 aliphatic carbocycles. The minimum atomic E-state index is -0.552. The first-order chi connectivity index (χ1) is 7.10. The summed E-state index contributed by atoms with van der Waals surface area (Å²) in [6.45, 7) is 3.04. The third kappa shape index (κ3) is 2.69. The smallest absolute Gasteiger partial charge is 0.240 e. The lowest BCUT2D eigenvalue weighted by Crippen LogP contribution is -2.52. The van der Waals surface area contributed by atoms with Gasteiger partial charge in [0.25, 0.3) is 0 Å². The summed E-state index contributed by atoms with van der Waals surface area (Å²) in [5.74, 6) is 0.0831. The van der Waals surface area contributed by atoms with E-state index in [9.17, 15) is 4.79 Å². The van der Waals surface area contributed by atoms with E-state index in [2.05, 4.69) is 12.2 Å². The number of nitrogens with one attached hydrogen (secondary N) is 1. The maximum atomic E-state index is 11.9. The van der Waals surface area contributed by atoms with Crippen molar-refractivity contribution in [1.29, 1.82) is 0 Å². The topological polar surface area (TPSA) is 55.1 Å². The van der Waals surface area contributed by atoms with E-state index in [1.165, 1.54) is 19.3 Å². The van der Waals surface area contributed by atoms with Crippen LogP contribution in [0.4, 0.5) is 0 Å². The van der Waals surface area contributed by atoms with E-state index in [-0.39, 0.29) is 18.3 Å².